The predicted octanol–water partition coefficient (Wildman–Crippen LogP) is 4.02. The molecule has 7 heteroatoms. The minimum Gasteiger partial charge on any atom is -0.454 e. The molecule has 0 amide bonds. The molecule has 7 nitrogen and oxygen atoms in total. The van der Waals surface area contributed by atoms with E-state index < -0.39 is 36.7 Å². The van der Waals surface area contributed by atoms with Crippen LogP contribution in [0.25, 0.3) is 0 Å². The summed E-state index contributed by atoms with van der Waals surface area (Å²) in [5, 5.41) is 10.8. The summed E-state index contributed by atoms with van der Waals surface area (Å²) in [6, 6.07) is 29.2. The summed E-state index contributed by atoms with van der Waals surface area (Å²) in [7, 11) is 0. The monoisotopic (exact) mass is 492 g/mol. The molecule has 36 heavy (non-hydrogen) atoms. The SMILES string of the molecule is CC(=O)O[C@H]1[C@@H](OCc2ccccc2)[C@@H](OCc2ccccc2)C(COCc2ccccc2)O[C@H]1O. The summed E-state index contributed by atoms with van der Waals surface area (Å²) < 4.78 is 29.8. The largest absolute Gasteiger partial charge is 0.454 e. The number of hydrogen-bond donors (Lipinski definition) is 1. The summed E-state index contributed by atoms with van der Waals surface area (Å²) in [6.07, 6.45) is -4.56. The van der Waals surface area contributed by atoms with E-state index in [1.54, 1.807) is 0 Å². The first-order valence-corrected chi connectivity index (χ1v) is 12.0. The molecule has 0 radical (unpaired) electrons. The van der Waals surface area contributed by atoms with E-state index >= 15 is 0 Å². The number of rotatable bonds is 11. The van der Waals surface area contributed by atoms with Gasteiger partial charge in [0.2, 0.25) is 0 Å². The van der Waals surface area contributed by atoms with Crippen molar-refractivity contribution >= 4 is 5.97 Å². The van der Waals surface area contributed by atoms with E-state index in [0.29, 0.717) is 6.61 Å². The molecule has 3 aromatic rings. The summed E-state index contributed by atoms with van der Waals surface area (Å²) in [5.74, 6) is -0.545. The number of ether oxygens (including phenoxy) is 5. The Morgan fingerprint density at radius 2 is 1.19 bits per heavy atom. The highest BCUT2D eigenvalue weighted by atomic mass is 16.7. The summed E-state index contributed by atoms with van der Waals surface area (Å²) in [6.45, 7) is 2.36. The zero-order valence-electron chi connectivity index (χ0n) is 20.3. The van der Waals surface area contributed by atoms with Gasteiger partial charge in [0.05, 0.1) is 26.4 Å². The van der Waals surface area contributed by atoms with Gasteiger partial charge in [-0.05, 0) is 16.7 Å². The molecule has 1 saturated heterocycles. The van der Waals surface area contributed by atoms with E-state index in [9.17, 15) is 9.90 Å². The van der Waals surface area contributed by atoms with E-state index in [-0.39, 0.29) is 19.8 Å². The molecule has 1 unspecified atom stereocenters. The second-order valence-electron chi connectivity index (χ2n) is 8.66. The van der Waals surface area contributed by atoms with Crippen LogP contribution in [0.5, 0.6) is 0 Å². The smallest absolute Gasteiger partial charge is 0.303 e. The van der Waals surface area contributed by atoms with Gasteiger partial charge in [-0.15, -0.1) is 0 Å². The maximum absolute atomic E-state index is 11.9. The lowest BCUT2D eigenvalue weighted by Crippen LogP contribution is -2.61. The topological polar surface area (TPSA) is 83.5 Å². The van der Waals surface area contributed by atoms with Crippen LogP contribution < -0.4 is 0 Å². The normalized spacial score (nSPS) is 23.8. The molecule has 1 N–H and O–H groups in total. The third kappa shape index (κ3) is 7.46. The standard InChI is InChI=1S/C29H32O7/c1-21(30)35-28-27(34-19-24-15-9-4-10-16-24)26(33-18-23-13-7-3-8-14-23)25(36-29(28)31)20-32-17-22-11-5-2-6-12-22/h2-16,25-29,31H,17-20H2,1H3/t25?,26-,27-,28-,29+/m0/s1. The first-order chi connectivity index (χ1) is 17.6. The zero-order valence-corrected chi connectivity index (χ0v) is 20.3. The van der Waals surface area contributed by atoms with Crippen LogP contribution in [-0.4, -0.2) is 48.4 Å². The fourth-order valence-corrected chi connectivity index (χ4v) is 4.14. The Morgan fingerprint density at radius 3 is 1.69 bits per heavy atom. The third-order valence-corrected chi connectivity index (χ3v) is 5.88. The maximum Gasteiger partial charge on any atom is 0.303 e. The van der Waals surface area contributed by atoms with E-state index in [2.05, 4.69) is 0 Å². The quantitative estimate of drug-likeness (QED) is 0.405. The summed E-state index contributed by atoms with van der Waals surface area (Å²) in [4.78, 5) is 11.9. The van der Waals surface area contributed by atoms with Gasteiger partial charge in [-0.2, -0.15) is 0 Å². The highest BCUT2D eigenvalue weighted by Crippen LogP contribution is 2.29. The van der Waals surface area contributed by atoms with Crippen LogP contribution in [0.2, 0.25) is 0 Å². The Hall–Kier alpha value is -3.07. The highest BCUT2D eigenvalue weighted by Gasteiger charge is 2.49. The van der Waals surface area contributed by atoms with Gasteiger partial charge < -0.3 is 28.8 Å². The number of aliphatic hydroxyl groups is 1. The molecular weight excluding hydrogens is 460 g/mol. The molecule has 0 aliphatic carbocycles. The molecule has 3 aromatic carbocycles. The van der Waals surface area contributed by atoms with Crippen LogP contribution in [0.3, 0.4) is 0 Å². The van der Waals surface area contributed by atoms with Crippen molar-refractivity contribution in [3.8, 4) is 0 Å². The molecule has 190 valence electrons. The number of carbonyl (C=O) groups is 1. The Kier molecular flexibility index (Phi) is 9.61. The van der Waals surface area contributed by atoms with E-state index in [1.807, 2.05) is 91.0 Å². The average molecular weight is 493 g/mol. The first-order valence-electron chi connectivity index (χ1n) is 12.0. The van der Waals surface area contributed by atoms with Gasteiger partial charge in [-0.25, -0.2) is 0 Å². The number of benzene rings is 3. The molecule has 1 aliphatic rings. The molecule has 0 bridgehead atoms. The molecule has 1 heterocycles. The van der Waals surface area contributed by atoms with Crippen molar-refractivity contribution in [3.05, 3.63) is 108 Å². The lowest BCUT2D eigenvalue weighted by Gasteiger charge is -2.44. The molecule has 4 rings (SSSR count). The van der Waals surface area contributed by atoms with Crippen molar-refractivity contribution in [2.75, 3.05) is 6.61 Å². The fraction of sp³-hybridized carbons (Fsp3) is 0.345. The summed E-state index contributed by atoms with van der Waals surface area (Å²) >= 11 is 0. The number of esters is 1. The Bertz CT molecular complexity index is 1040. The number of hydrogen-bond acceptors (Lipinski definition) is 7. The van der Waals surface area contributed by atoms with Gasteiger partial charge in [-0.3, -0.25) is 4.79 Å². The second-order valence-corrected chi connectivity index (χ2v) is 8.66. The van der Waals surface area contributed by atoms with Crippen LogP contribution in [0, 0.1) is 0 Å². The molecule has 1 aliphatic heterocycles. The van der Waals surface area contributed by atoms with Crippen molar-refractivity contribution in [1.29, 1.82) is 0 Å². The van der Waals surface area contributed by atoms with Crippen LogP contribution in [0.15, 0.2) is 91.0 Å². The minimum absolute atomic E-state index is 0.156. The maximum atomic E-state index is 11.9. The van der Waals surface area contributed by atoms with E-state index in [1.165, 1.54) is 6.92 Å². The lowest BCUT2D eigenvalue weighted by molar-refractivity contribution is -0.309. The second kappa shape index (κ2) is 13.3. The van der Waals surface area contributed by atoms with Crippen molar-refractivity contribution in [2.24, 2.45) is 0 Å². The molecule has 0 aromatic heterocycles. The third-order valence-electron chi connectivity index (χ3n) is 5.88. The molecule has 0 saturated carbocycles. The highest BCUT2D eigenvalue weighted by molar-refractivity contribution is 5.66. The van der Waals surface area contributed by atoms with Crippen molar-refractivity contribution < 1.29 is 33.6 Å². The van der Waals surface area contributed by atoms with Crippen LogP contribution in [0.4, 0.5) is 0 Å². The van der Waals surface area contributed by atoms with Gasteiger partial charge in [0, 0.05) is 6.92 Å². The molecule has 0 spiro atoms. The zero-order chi connectivity index (χ0) is 25.2. The Balaban J connectivity index is 1.53. The van der Waals surface area contributed by atoms with Gasteiger partial charge in [0.1, 0.15) is 18.3 Å². The van der Waals surface area contributed by atoms with Gasteiger partial charge in [0.15, 0.2) is 12.4 Å². The Morgan fingerprint density at radius 1 is 0.722 bits per heavy atom. The van der Waals surface area contributed by atoms with Crippen molar-refractivity contribution in [2.45, 2.75) is 57.5 Å². The van der Waals surface area contributed by atoms with Crippen molar-refractivity contribution in [3.63, 3.8) is 0 Å². The van der Waals surface area contributed by atoms with E-state index in [4.69, 9.17) is 23.7 Å². The minimum atomic E-state index is -1.39. The first kappa shape index (κ1) is 26.0. The van der Waals surface area contributed by atoms with Crippen LogP contribution >= 0.6 is 0 Å². The van der Waals surface area contributed by atoms with Crippen LogP contribution in [0.1, 0.15) is 23.6 Å². The van der Waals surface area contributed by atoms with Gasteiger partial charge in [0.25, 0.3) is 0 Å². The van der Waals surface area contributed by atoms with E-state index in [0.717, 1.165) is 16.7 Å². The number of aliphatic hydroxyl groups excluding tert-OH is 1. The van der Waals surface area contributed by atoms with Crippen LogP contribution in [-0.2, 0) is 48.3 Å². The molecule has 1 fully saturated rings. The summed E-state index contributed by atoms with van der Waals surface area (Å²) in [5.41, 5.74) is 2.93. The molecular formula is C29H32O7. The fourth-order valence-electron chi connectivity index (χ4n) is 4.14. The molecule has 5 atom stereocenters. The van der Waals surface area contributed by atoms with Gasteiger partial charge >= 0.3 is 5.97 Å². The average Bonchev–Trinajstić information content (AvgIpc) is 2.90. The predicted molar refractivity (Wildman–Crippen MR) is 133 cm³/mol. The lowest BCUT2D eigenvalue weighted by atomic mass is 9.98. The van der Waals surface area contributed by atoms with Gasteiger partial charge in [-0.1, -0.05) is 91.0 Å². The Labute approximate surface area is 211 Å². The number of carbonyl (C=O) groups excluding carboxylic acids is 1. The van der Waals surface area contributed by atoms with Crippen molar-refractivity contribution in [1.82, 2.24) is 0 Å².